The molecule has 0 bridgehead atoms. The van der Waals surface area contributed by atoms with Crippen LogP contribution in [0.2, 0.25) is 0 Å². The fraction of sp³-hybridized carbons (Fsp3) is 0.696. The van der Waals surface area contributed by atoms with Crippen LogP contribution < -0.4 is 10.6 Å². The second kappa shape index (κ2) is 13.5. The zero-order valence-corrected chi connectivity index (χ0v) is 20.6. The van der Waals surface area contributed by atoms with Crippen molar-refractivity contribution >= 4 is 29.9 Å². The van der Waals surface area contributed by atoms with Gasteiger partial charge in [-0.2, -0.15) is 0 Å². The third kappa shape index (κ3) is 7.07. The molecule has 30 heavy (non-hydrogen) atoms. The van der Waals surface area contributed by atoms with Gasteiger partial charge >= 0.3 is 0 Å². The number of nitrogens with zero attached hydrogens (tertiary/aromatic N) is 2. The zero-order chi connectivity index (χ0) is 20.4. The van der Waals surface area contributed by atoms with Crippen LogP contribution in [0.4, 0.5) is 0 Å². The van der Waals surface area contributed by atoms with Gasteiger partial charge in [-0.1, -0.05) is 49.6 Å². The highest BCUT2D eigenvalue weighted by molar-refractivity contribution is 14.0. The molecule has 1 aromatic rings. The summed E-state index contributed by atoms with van der Waals surface area (Å²) in [5, 5.41) is 16.7. The Morgan fingerprint density at radius 1 is 1.13 bits per heavy atom. The molecule has 1 unspecified atom stereocenters. The minimum atomic E-state index is 0. The Morgan fingerprint density at radius 3 is 2.47 bits per heavy atom. The summed E-state index contributed by atoms with van der Waals surface area (Å²) in [5.74, 6) is 0.906. The lowest BCUT2D eigenvalue weighted by Gasteiger charge is -2.47. The van der Waals surface area contributed by atoms with Crippen LogP contribution in [0.25, 0.3) is 0 Å². The van der Waals surface area contributed by atoms with Crippen molar-refractivity contribution < 1.29 is 9.84 Å². The lowest BCUT2D eigenvalue weighted by molar-refractivity contribution is -0.0333. The maximum Gasteiger partial charge on any atom is 0.191 e. The molecule has 0 radical (unpaired) electrons. The maximum absolute atomic E-state index is 9.85. The molecule has 1 aliphatic carbocycles. The highest BCUT2D eigenvalue weighted by Gasteiger charge is 2.38. The van der Waals surface area contributed by atoms with Crippen LogP contribution in [0.15, 0.2) is 35.3 Å². The van der Waals surface area contributed by atoms with Gasteiger partial charge in [0.2, 0.25) is 0 Å². The quantitative estimate of drug-likeness (QED) is 0.274. The van der Waals surface area contributed by atoms with Crippen molar-refractivity contribution in [3.63, 3.8) is 0 Å². The van der Waals surface area contributed by atoms with Crippen LogP contribution in [0, 0.1) is 0 Å². The summed E-state index contributed by atoms with van der Waals surface area (Å²) in [5.41, 5.74) is 1.32. The number of rotatable bonds is 8. The summed E-state index contributed by atoms with van der Waals surface area (Å²) < 4.78 is 5.59. The van der Waals surface area contributed by atoms with Crippen molar-refractivity contribution in [1.82, 2.24) is 15.5 Å². The highest BCUT2D eigenvalue weighted by atomic mass is 127. The van der Waals surface area contributed by atoms with Gasteiger partial charge in [0.05, 0.1) is 26.4 Å². The molecule has 1 saturated heterocycles. The van der Waals surface area contributed by atoms with Crippen LogP contribution >= 0.6 is 24.0 Å². The van der Waals surface area contributed by atoms with E-state index in [0.29, 0.717) is 6.54 Å². The predicted octanol–water partition coefficient (Wildman–Crippen LogP) is 2.97. The first-order valence-electron chi connectivity index (χ1n) is 11.3. The predicted molar refractivity (Wildman–Crippen MR) is 134 cm³/mol. The van der Waals surface area contributed by atoms with Gasteiger partial charge in [0.1, 0.15) is 0 Å². The molecule has 3 rings (SSSR count). The zero-order valence-electron chi connectivity index (χ0n) is 18.3. The van der Waals surface area contributed by atoms with E-state index in [2.05, 4.69) is 34.6 Å². The lowest BCUT2D eigenvalue weighted by Crippen LogP contribution is -2.56. The molecule has 1 aliphatic heterocycles. The number of morpholine rings is 1. The Bertz CT molecular complexity index is 617. The second-order valence-electron chi connectivity index (χ2n) is 8.25. The smallest absolute Gasteiger partial charge is 0.191 e. The average molecular weight is 530 g/mol. The summed E-state index contributed by atoms with van der Waals surface area (Å²) in [6.45, 7) is 8.21. The third-order valence-electron chi connectivity index (χ3n) is 6.35. The molecule has 2 aliphatic rings. The first-order chi connectivity index (χ1) is 14.3. The molecule has 1 aromatic carbocycles. The van der Waals surface area contributed by atoms with Crippen LogP contribution in [-0.2, 0) is 4.74 Å². The molecule has 6 nitrogen and oxygen atoms in total. The Morgan fingerprint density at radius 2 is 1.83 bits per heavy atom. The lowest BCUT2D eigenvalue weighted by atomic mass is 9.80. The number of aliphatic hydroxyl groups is 1. The maximum atomic E-state index is 9.85. The first kappa shape index (κ1) is 25.4. The third-order valence-corrected chi connectivity index (χ3v) is 6.35. The molecule has 0 spiro atoms. The van der Waals surface area contributed by atoms with E-state index in [9.17, 15) is 5.11 Å². The molecule has 0 amide bonds. The molecular weight excluding hydrogens is 491 g/mol. The summed E-state index contributed by atoms with van der Waals surface area (Å²) >= 11 is 0. The number of aliphatic imine (C=N–C) groups is 1. The van der Waals surface area contributed by atoms with Gasteiger partial charge in [0.15, 0.2) is 5.96 Å². The summed E-state index contributed by atoms with van der Waals surface area (Å²) in [6, 6.07) is 10.2. The number of guanidine groups is 1. The monoisotopic (exact) mass is 530 g/mol. The van der Waals surface area contributed by atoms with E-state index in [4.69, 9.17) is 9.73 Å². The van der Waals surface area contributed by atoms with Crippen molar-refractivity contribution in [2.75, 3.05) is 52.5 Å². The van der Waals surface area contributed by atoms with Gasteiger partial charge in [0.25, 0.3) is 0 Å². The Balaban J connectivity index is 0.00000320. The van der Waals surface area contributed by atoms with Crippen molar-refractivity contribution in [2.24, 2.45) is 4.99 Å². The SMILES string of the molecule is CCNC(=NCC1(N2CCOCC2)CCCCC1)NCC(CO)c1ccccc1.I. The van der Waals surface area contributed by atoms with E-state index >= 15 is 0 Å². The van der Waals surface area contributed by atoms with Crippen molar-refractivity contribution in [3.8, 4) is 0 Å². The minimum absolute atomic E-state index is 0. The van der Waals surface area contributed by atoms with E-state index in [-0.39, 0.29) is 42.0 Å². The Kier molecular flexibility index (Phi) is 11.4. The van der Waals surface area contributed by atoms with E-state index in [1.165, 1.54) is 32.1 Å². The van der Waals surface area contributed by atoms with Crippen LogP contribution in [0.3, 0.4) is 0 Å². The second-order valence-corrected chi connectivity index (χ2v) is 8.25. The summed E-state index contributed by atoms with van der Waals surface area (Å²) in [4.78, 5) is 7.64. The number of benzene rings is 1. The molecule has 1 atom stereocenters. The van der Waals surface area contributed by atoms with Crippen molar-refractivity contribution in [3.05, 3.63) is 35.9 Å². The largest absolute Gasteiger partial charge is 0.396 e. The van der Waals surface area contributed by atoms with Gasteiger partial charge in [0, 0.05) is 37.6 Å². The molecule has 1 heterocycles. The van der Waals surface area contributed by atoms with Crippen LogP contribution in [0.5, 0.6) is 0 Å². The van der Waals surface area contributed by atoms with Gasteiger partial charge < -0.3 is 20.5 Å². The van der Waals surface area contributed by atoms with Crippen LogP contribution in [-0.4, -0.2) is 74.0 Å². The number of hydrogen-bond donors (Lipinski definition) is 3. The van der Waals surface area contributed by atoms with E-state index in [1.807, 2.05) is 18.2 Å². The van der Waals surface area contributed by atoms with Gasteiger partial charge in [-0.3, -0.25) is 9.89 Å². The number of hydrogen-bond acceptors (Lipinski definition) is 4. The summed E-state index contributed by atoms with van der Waals surface area (Å²) in [7, 11) is 0. The molecule has 3 N–H and O–H groups in total. The molecule has 170 valence electrons. The molecular formula is C23H39IN4O2. The molecule has 0 aromatic heterocycles. The number of nitrogens with one attached hydrogen (secondary N) is 2. The van der Waals surface area contributed by atoms with Gasteiger partial charge in [-0.05, 0) is 25.3 Å². The highest BCUT2D eigenvalue weighted by Crippen LogP contribution is 2.34. The fourth-order valence-electron chi connectivity index (χ4n) is 4.62. The average Bonchev–Trinajstić information content (AvgIpc) is 2.80. The first-order valence-corrected chi connectivity index (χ1v) is 11.3. The standard InChI is InChI=1S/C23H38N4O2.HI/c1-2-24-22(25-17-21(18-28)20-9-5-3-6-10-20)26-19-23(11-7-4-8-12-23)27-13-15-29-16-14-27;/h3,5-6,9-10,21,28H,2,4,7-8,11-19H2,1H3,(H2,24,25,26);1H. The fourth-order valence-corrected chi connectivity index (χ4v) is 4.62. The molecule has 1 saturated carbocycles. The van der Waals surface area contributed by atoms with E-state index < -0.39 is 0 Å². The summed E-state index contributed by atoms with van der Waals surface area (Å²) in [6.07, 6.45) is 6.36. The Labute approximate surface area is 198 Å². The van der Waals surface area contributed by atoms with E-state index in [0.717, 1.165) is 50.9 Å². The van der Waals surface area contributed by atoms with Crippen molar-refractivity contribution in [2.45, 2.75) is 50.5 Å². The Hall–Kier alpha value is -0.900. The van der Waals surface area contributed by atoms with Crippen LogP contribution in [0.1, 0.15) is 50.5 Å². The normalized spacial score (nSPS) is 20.8. The van der Waals surface area contributed by atoms with E-state index in [1.54, 1.807) is 0 Å². The van der Waals surface area contributed by atoms with Gasteiger partial charge in [-0.15, -0.1) is 24.0 Å². The number of aliphatic hydroxyl groups excluding tert-OH is 1. The van der Waals surface area contributed by atoms with Gasteiger partial charge in [-0.25, -0.2) is 0 Å². The number of halogens is 1. The number of ether oxygens (including phenoxy) is 1. The molecule has 2 fully saturated rings. The minimum Gasteiger partial charge on any atom is -0.396 e. The topological polar surface area (TPSA) is 69.1 Å². The van der Waals surface area contributed by atoms with Crippen molar-refractivity contribution in [1.29, 1.82) is 0 Å². The molecule has 7 heteroatoms.